The van der Waals surface area contributed by atoms with E-state index in [9.17, 15) is 13.5 Å². The van der Waals surface area contributed by atoms with Crippen LogP contribution in [0.2, 0.25) is 0 Å². The van der Waals surface area contributed by atoms with Gasteiger partial charge in [0, 0.05) is 11.8 Å². The van der Waals surface area contributed by atoms with Crippen LogP contribution >= 0.6 is 11.8 Å². The Labute approximate surface area is 106 Å². The fourth-order valence-electron chi connectivity index (χ4n) is 1.28. The molecule has 2 N–H and O–H groups in total. The van der Waals surface area contributed by atoms with Gasteiger partial charge in [-0.1, -0.05) is 19.1 Å². The molecule has 0 saturated heterocycles. The largest absolute Gasteiger partial charge is 0.507 e. The van der Waals surface area contributed by atoms with Gasteiger partial charge in [-0.25, -0.2) is 13.1 Å². The van der Waals surface area contributed by atoms with E-state index in [1.165, 1.54) is 12.1 Å². The van der Waals surface area contributed by atoms with Crippen LogP contribution in [0, 0.1) is 0 Å². The van der Waals surface area contributed by atoms with Crippen LogP contribution in [0.25, 0.3) is 0 Å². The highest BCUT2D eigenvalue weighted by Crippen LogP contribution is 2.21. The number of benzene rings is 1. The standard InChI is InChI=1S/C11H17NO3S2/c1-9(16-2)7-8-12-17(14,15)11-6-4-3-5-10(11)13/h3-6,9,12-13H,7-8H2,1-2H3. The first-order valence-corrected chi connectivity index (χ1v) is 8.05. The fraction of sp³-hybridized carbons (Fsp3) is 0.455. The molecule has 1 unspecified atom stereocenters. The molecule has 0 aliphatic heterocycles. The van der Waals surface area contributed by atoms with Crippen molar-refractivity contribution in [1.82, 2.24) is 4.72 Å². The van der Waals surface area contributed by atoms with Crippen LogP contribution in [-0.2, 0) is 10.0 Å². The van der Waals surface area contributed by atoms with E-state index >= 15 is 0 Å². The van der Waals surface area contributed by atoms with Crippen LogP contribution in [0.3, 0.4) is 0 Å². The Bertz CT molecular complexity index is 460. The molecule has 0 radical (unpaired) electrons. The number of phenolic OH excluding ortho intramolecular Hbond substituents is 1. The molecule has 0 fully saturated rings. The molecular formula is C11H17NO3S2. The predicted molar refractivity (Wildman–Crippen MR) is 70.9 cm³/mol. The lowest BCUT2D eigenvalue weighted by molar-refractivity contribution is 0.458. The predicted octanol–water partition coefficient (Wildman–Crippen LogP) is 1.81. The third kappa shape index (κ3) is 4.22. The quantitative estimate of drug-likeness (QED) is 0.831. The van der Waals surface area contributed by atoms with E-state index in [2.05, 4.69) is 4.72 Å². The van der Waals surface area contributed by atoms with Crippen molar-refractivity contribution in [3.8, 4) is 5.75 Å². The number of rotatable bonds is 6. The van der Waals surface area contributed by atoms with Gasteiger partial charge in [0.05, 0.1) is 0 Å². The second-order valence-electron chi connectivity index (χ2n) is 3.70. The maximum Gasteiger partial charge on any atom is 0.244 e. The zero-order valence-electron chi connectivity index (χ0n) is 9.88. The van der Waals surface area contributed by atoms with Crippen LogP contribution in [0.1, 0.15) is 13.3 Å². The number of aromatic hydroxyl groups is 1. The van der Waals surface area contributed by atoms with Crippen molar-refractivity contribution in [2.75, 3.05) is 12.8 Å². The number of nitrogens with one attached hydrogen (secondary N) is 1. The molecule has 0 aliphatic rings. The molecule has 0 saturated carbocycles. The van der Waals surface area contributed by atoms with E-state index in [0.717, 1.165) is 6.42 Å². The van der Waals surface area contributed by atoms with Gasteiger partial charge in [-0.3, -0.25) is 0 Å². The summed E-state index contributed by atoms with van der Waals surface area (Å²) in [6.45, 7) is 2.41. The Hall–Kier alpha value is -0.720. The van der Waals surface area contributed by atoms with Gasteiger partial charge in [0.2, 0.25) is 10.0 Å². The first-order chi connectivity index (χ1) is 7.97. The molecule has 17 heavy (non-hydrogen) atoms. The number of hydrogen-bond acceptors (Lipinski definition) is 4. The van der Waals surface area contributed by atoms with E-state index in [1.54, 1.807) is 23.9 Å². The maximum atomic E-state index is 11.8. The molecule has 1 aromatic rings. The lowest BCUT2D eigenvalue weighted by atomic mass is 10.3. The van der Waals surface area contributed by atoms with Gasteiger partial charge in [-0.05, 0) is 24.8 Å². The number of para-hydroxylation sites is 1. The van der Waals surface area contributed by atoms with E-state index in [4.69, 9.17) is 0 Å². The highest BCUT2D eigenvalue weighted by molar-refractivity contribution is 7.99. The summed E-state index contributed by atoms with van der Waals surface area (Å²) in [7, 11) is -3.60. The second kappa shape index (κ2) is 6.28. The monoisotopic (exact) mass is 275 g/mol. The highest BCUT2D eigenvalue weighted by atomic mass is 32.2. The Kier molecular flexibility index (Phi) is 5.30. The summed E-state index contributed by atoms with van der Waals surface area (Å²) in [5.74, 6) is -0.224. The SMILES string of the molecule is CSC(C)CCNS(=O)(=O)c1ccccc1O. The van der Waals surface area contributed by atoms with Gasteiger partial charge in [-0.2, -0.15) is 11.8 Å². The molecule has 1 aromatic carbocycles. The molecule has 96 valence electrons. The Morgan fingerprint density at radius 1 is 1.41 bits per heavy atom. The summed E-state index contributed by atoms with van der Waals surface area (Å²) in [6.07, 6.45) is 2.75. The first kappa shape index (κ1) is 14.3. The summed E-state index contributed by atoms with van der Waals surface area (Å²) in [6, 6.07) is 5.91. The van der Waals surface area contributed by atoms with Crippen LogP contribution in [-0.4, -0.2) is 31.6 Å². The number of sulfonamides is 1. The van der Waals surface area contributed by atoms with Gasteiger partial charge in [0.1, 0.15) is 10.6 Å². The molecule has 0 aliphatic carbocycles. The summed E-state index contributed by atoms with van der Waals surface area (Å²) < 4.78 is 26.2. The first-order valence-electron chi connectivity index (χ1n) is 5.28. The van der Waals surface area contributed by atoms with Crippen LogP contribution < -0.4 is 4.72 Å². The van der Waals surface area contributed by atoms with Crippen LogP contribution in [0.15, 0.2) is 29.2 Å². The lowest BCUT2D eigenvalue weighted by Crippen LogP contribution is -2.26. The molecule has 0 bridgehead atoms. The normalized spacial score (nSPS) is 13.5. The van der Waals surface area contributed by atoms with Crippen molar-refractivity contribution >= 4 is 21.8 Å². The van der Waals surface area contributed by atoms with Gasteiger partial charge in [0.25, 0.3) is 0 Å². The van der Waals surface area contributed by atoms with Gasteiger partial charge in [0.15, 0.2) is 0 Å². The summed E-state index contributed by atoms with van der Waals surface area (Å²) in [5, 5.41) is 9.88. The maximum absolute atomic E-state index is 11.8. The van der Waals surface area contributed by atoms with Crippen molar-refractivity contribution in [2.24, 2.45) is 0 Å². The molecular weight excluding hydrogens is 258 g/mol. The minimum atomic E-state index is -3.60. The zero-order chi connectivity index (χ0) is 12.9. The van der Waals surface area contributed by atoms with Gasteiger partial charge < -0.3 is 5.11 Å². The Balaban J connectivity index is 2.67. The van der Waals surface area contributed by atoms with Crippen molar-refractivity contribution in [3.63, 3.8) is 0 Å². The summed E-state index contributed by atoms with van der Waals surface area (Å²) >= 11 is 1.69. The van der Waals surface area contributed by atoms with E-state index in [0.29, 0.717) is 11.8 Å². The highest BCUT2D eigenvalue weighted by Gasteiger charge is 2.17. The molecule has 0 amide bonds. The third-order valence-electron chi connectivity index (χ3n) is 2.40. The minimum absolute atomic E-state index is 0.0724. The van der Waals surface area contributed by atoms with Crippen molar-refractivity contribution < 1.29 is 13.5 Å². The number of hydrogen-bond donors (Lipinski definition) is 2. The van der Waals surface area contributed by atoms with E-state index in [-0.39, 0.29) is 10.6 Å². The average Bonchev–Trinajstić information content (AvgIpc) is 2.28. The third-order valence-corrected chi connectivity index (χ3v) is 4.95. The van der Waals surface area contributed by atoms with Crippen LogP contribution in [0.4, 0.5) is 0 Å². The van der Waals surface area contributed by atoms with Crippen molar-refractivity contribution in [1.29, 1.82) is 0 Å². The molecule has 4 nitrogen and oxygen atoms in total. The number of phenols is 1. The fourth-order valence-corrected chi connectivity index (χ4v) is 2.77. The molecule has 1 rings (SSSR count). The minimum Gasteiger partial charge on any atom is -0.507 e. The molecule has 1 atom stereocenters. The molecule has 0 aromatic heterocycles. The van der Waals surface area contributed by atoms with Gasteiger partial charge >= 0.3 is 0 Å². The summed E-state index contributed by atoms with van der Waals surface area (Å²) in [4.78, 5) is -0.0724. The smallest absolute Gasteiger partial charge is 0.244 e. The number of thioether (sulfide) groups is 1. The van der Waals surface area contributed by atoms with Crippen molar-refractivity contribution in [3.05, 3.63) is 24.3 Å². The van der Waals surface area contributed by atoms with E-state index < -0.39 is 10.0 Å². The zero-order valence-corrected chi connectivity index (χ0v) is 11.5. The Morgan fingerprint density at radius 2 is 2.06 bits per heavy atom. The average molecular weight is 275 g/mol. The lowest BCUT2D eigenvalue weighted by Gasteiger charge is -2.10. The topological polar surface area (TPSA) is 66.4 Å². The van der Waals surface area contributed by atoms with Gasteiger partial charge in [-0.15, -0.1) is 0 Å². The summed E-state index contributed by atoms with van der Waals surface area (Å²) in [5.41, 5.74) is 0. The molecule has 0 heterocycles. The van der Waals surface area contributed by atoms with Crippen LogP contribution in [0.5, 0.6) is 5.75 Å². The van der Waals surface area contributed by atoms with E-state index in [1.807, 2.05) is 13.2 Å². The van der Waals surface area contributed by atoms with Crippen molar-refractivity contribution in [2.45, 2.75) is 23.5 Å². The molecule has 6 heteroatoms. The second-order valence-corrected chi connectivity index (χ2v) is 6.71. The molecule has 0 spiro atoms. The Morgan fingerprint density at radius 3 is 2.65 bits per heavy atom.